The first-order valence-corrected chi connectivity index (χ1v) is 7.75. The van der Waals surface area contributed by atoms with E-state index in [9.17, 15) is 14.0 Å². The third kappa shape index (κ3) is 3.30. The second-order valence-electron chi connectivity index (χ2n) is 5.99. The smallest absolute Gasteiger partial charge is 0.337 e. The molecule has 2 aromatic carbocycles. The van der Waals surface area contributed by atoms with E-state index in [4.69, 9.17) is 0 Å². The first kappa shape index (κ1) is 16.2. The lowest BCUT2D eigenvalue weighted by Gasteiger charge is -2.09. The lowest BCUT2D eigenvalue weighted by molar-refractivity contribution is 0.0600. The lowest BCUT2D eigenvalue weighted by atomic mass is 10.0. The lowest BCUT2D eigenvalue weighted by Crippen LogP contribution is -2.27. The van der Waals surface area contributed by atoms with E-state index in [0.29, 0.717) is 11.1 Å². The fourth-order valence-corrected chi connectivity index (χ4v) is 2.84. The van der Waals surface area contributed by atoms with Gasteiger partial charge < -0.3 is 10.1 Å². The molecular formula is C19H18FNO3. The van der Waals surface area contributed by atoms with Crippen LogP contribution in [-0.4, -0.2) is 25.0 Å². The van der Waals surface area contributed by atoms with Gasteiger partial charge in [0.2, 0.25) is 0 Å². The molecule has 0 radical (unpaired) electrons. The molecule has 0 heterocycles. The van der Waals surface area contributed by atoms with E-state index in [1.807, 2.05) is 0 Å². The van der Waals surface area contributed by atoms with Crippen molar-refractivity contribution in [3.8, 4) is 0 Å². The maximum atomic E-state index is 13.0. The summed E-state index contributed by atoms with van der Waals surface area (Å²) in [5.41, 5.74) is 2.70. The average Bonchev–Trinajstić information content (AvgIpc) is 3.33. The van der Waals surface area contributed by atoms with Crippen LogP contribution in [0, 0.1) is 12.7 Å². The van der Waals surface area contributed by atoms with Crippen LogP contribution in [-0.2, 0) is 4.74 Å². The Morgan fingerprint density at radius 1 is 1.17 bits per heavy atom. The molecule has 1 N–H and O–H groups in total. The molecule has 0 aliphatic heterocycles. The van der Waals surface area contributed by atoms with E-state index in [1.54, 1.807) is 37.3 Å². The predicted molar refractivity (Wildman–Crippen MR) is 87.5 cm³/mol. The number of methoxy groups -OCH3 is 1. The molecule has 0 bridgehead atoms. The fraction of sp³-hybridized carbons (Fsp3) is 0.263. The van der Waals surface area contributed by atoms with Gasteiger partial charge in [-0.15, -0.1) is 0 Å². The molecule has 2 aromatic rings. The molecule has 1 aliphatic carbocycles. The minimum Gasteiger partial charge on any atom is -0.465 e. The number of hydrogen-bond acceptors (Lipinski definition) is 3. The summed E-state index contributed by atoms with van der Waals surface area (Å²) in [5, 5.41) is 2.99. The van der Waals surface area contributed by atoms with E-state index < -0.39 is 5.97 Å². The van der Waals surface area contributed by atoms with Crippen LogP contribution in [0.1, 0.15) is 44.2 Å². The largest absolute Gasteiger partial charge is 0.465 e. The van der Waals surface area contributed by atoms with E-state index in [-0.39, 0.29) is 23.7 Å². The third-order valence-corrected chi connectivity index (χ3v) is 4.30. The van der Waals surface area contributed by atoms with E-state index >= 15 is 0 Å². The van der Waals surface area contributed by atoms with Gasteiger partial charge in [0.15, 0.2) is 0 Å². The molecule has 0 saturated heterocycles. The molecule has 0 aromatic heterocycles. The number of benzene rings is 2. The van der Waals surface area contributed by atoms with Gasteiger partial charge in [0.25, 0.3) is 5.91 Å². The standard InChI is InChI=1S/C19H18FNO3/c1-11-9-13(19(23)24-2)5-8-15(11)18(22)21-17-10-16(17)12-3-6-14(20)7-4-12/h3-9,16-17H,10H2,1-2H3,(H,21,22). The van der Waals surface area contributed by atoms with E-state index in [0.717, 1.165) is 17.5 Å². The summed E-state index contributed by atoms with van der Waals surface area (Å²) in [6.07, 6.45) is 0.844. The Hall–Kier alpha value is -2.69. The Balaban J connectivity index is 1.66. The first-order valence-electron chi connectivity index (χ1n) is 7.75. The molecule has 1 fully saturated rings. The number of amides is 1. The van der Waals surface area contributed by atoms with Crippen molar-refractivity contribution >= 4 is 11.9 Å². The van der Waals surface area contributed by atoms with Crippen LogP contribution in [0.2, 0.25) is 0 Å². The van der Waals surface area contributed by atoms with Crippen molar-refractivity contribution in [2.24, 2.45) is 0 Å². The van der Waals surface area contributed by atoms with Gasteiger partial charge >= 0.3 is 5.97 Å². The summed E-state index contributed by atoms with van der Waals surface area (Å²) in [4.78, 5) is 23.9. The number of aryl methyl sites for hydroxylation is 1. The van der Waals surface area contributed by atoms with Gasteiger partial charge in [-0.3, -0.25) is 4.79 Å². The van der Waals surface area contributed by atoms with Crippen LogP contribution in [0.15, 0.2) is 42.5 Å². The molecule has 1 saturated carbocycles. The highest BCUT2D eigenvalue weighted by atomic mass is 19.1. The van der Waals surface area contributed by atoms with Gasteiger partial charge in [-0.1, -0.05) is 12.1 Å². The number of nitrogens with one attached hydrogen (secondary N) is 1. The van der Waals surface area contributed by atoms with Crippen molar-refractivity contribution in [3.05, 3.63) is 70.5 Å². The number of hydrogen-bond donors (Lipinski definition) is 1. The summed E-state index contributed by atoms with van der Waals surface area (Å²) < 4.78 is 17.6. The van der Waals surface area contributed by atoms with Crippen LogP contribution in [0.3, 0.4) is 0 Å². The highest BCUT2D eigenvalue weighted by Crippen LogP contribution is 2.40. The number of halogens is 1. The van der Waals surface area contributed by atoms with Gasteiger partial charge in [-0.05, 0) is 54.8 Å². The number of rotatable bonds is 4. The highest BCUT2D eigenvalue weighted by molar-refractivity contribution is 5.98. The minimum atomic E-state index is -0.427. The molecule has 1 amide bonds. The van der Waals surface area contributed by atoms with Gasteiger partial charge in [-0.25, -0.2) is 9.18 Å². The zero-order valence-electron chi connectivity index (χ0n) is 13.5. The quantitative estimate of drug-likeness (QED) is 0.877. The predicted octanol–water partition coefficient (Wildman–Crippen LogP) is 3.21. The van der Waals surface area contributed by atoms with Crippen molar-refractivity contribution in [1.29, 1.82) is 0 Å². The van der Waals surface area contributed by atoms with Crippen molar-refractivity contribution in [1.82, 2.24) is 5.32 Å². The Morgan fingerprint density at radius 2 is 1.88 bits per heavy atom. The summed E-state index contributed by atoms with van der Waals surface area (Å²) >= 11 is 0. The minimum absolute atomic E-state index is 0.0580. The van der Waals surface area contributed by atoms with E-state index in [2.05, 4.69) is 10.1 Å². The molecule has 5 heteroatoms. The normalized spacial score (nSPS) is 18.8. The van der Waals surface area contributed by atoms with Crippen molar-refractivity contribution in [2.75, 3.05) is 7.11 Å². The maximum absolute atomic E-state index is 13.0. The molecule has 2 unspecified atom stereocenters. The number of ether oxygens (including phenoxy) is 1. The Labute approximate surface area is 139 Å². The van der Waals surface area contributed by atoms with Crippen LogP contribution in [0.25, 0.3) is 0 Å². The van der Waals surface area contributed by atoms with Gasteiger partial charge in [0, 0.05) is 17.5 Å². The van der Waals surface area contributed by atoms with Crippen LogP contribution < -0.4 is 5.32 Å². The molecule has 2 atom stereocenters. The average molecular weight is 327 g/mol. The zero-order chi connectivity index (χ0) is 17.3. The monoisotopic (exact) mass is 327 g/mol. The number of esters is 1. The van der Waals surface area contributed by atoms with Crippen LogP contribution in [0.4, 0.5) is 4.39 Å². The molecule has 3 rings (SSSR count). The van der Waals surface area contributed by atoms with Crippen LogP contribution in [0.5, 0.6) is 0 Å². The third-order valence-electron chi connectivity index (χ3n) is 4.30. The summed E-state index contributed by atoms with van der Waals surface area (Å²) in [6, 6.07) is 11.3. The molecule has 4 nitrogen and oxygen atoms in total. The van der Waals surface area contributed by atoms with Crippen molar-refractivity contribution in [3.63, 3.8) is 0 Å². The van der Waals surface area contributed by atoms with Gasteiger partial charge in [0.05, 0.1) is 12.7 Å². The number of carbonyl (C=O) groups is 2. The topological polar surface area (TPSA) is 55.4 Å². The van der Waals surface area contributed by atoms with Crippen molar-refractivity contribution < 1.29 is 18.7 Å². The Bertz CT molecular complexity index is 786. The Morgan fingerprint density at radius 3 is 2.50 bits per heavy atom. The SMILES string of the molecule is COC(=O)c1ccc(C(=O)NC2CC2c2ccc(F)cc2)c(C)c1. The second-order valence-corrected chi connectivity index (χ2v) is 5.99. The summed E-state index contributed by atoms with van der Waals surface area (Å²) in [5.74, 6) is -0.632. The molecule has 124 valence electrons. The summed E-state index contributed by atoms with van der Waals surface area (Å²) in [7, 11) is 1.32. The van der Waals surface area contributed by atoms with Gasteiger partial charge in [0.1, 0.15) is 5.82 Å². The summed E-state index contributed by atoms with van der Waals surface area (Å²) in [6.45, 7) is 1.78. The molecule has 24 heavy (non-hydrogen) atoms. The highest BCUT2D eigenvalue weighted by Gasteiger charge is 2.39. The molecule has 0 spiro atoms. The van der Waals surface area contributed by atoms with Crippen molar-refractivity contribution in [2.45, 2.75) is 25.3 Å². The van der Waals surface area contributed by atoms with E-state index in [1.165, 1.54) is 19.2 Å². The van der Waals surface area contributed by atoms with Crippen LogP contribution >= 0.6 is 0 Å². The number of carbonyl (C=O) groups excluding carboxylic acids is 2. The molecular weight excluding hydrogens is 309 g/mol. The zero-order valence-corrected chi connectivity index (χ0v) is 13.5. The fourth-order valence-electron chi connectivity index (χ4n) is 2.84. The Kier molecular flexibility index (Phi) is 4.34. The first-order chi connectivity index (χ1) is 11.5. The maximum Gasteiger partial charge on any atom is 0.337 e. The second kappa shape index (κ2) is 6.43. The van der Waals surface area contributed by atoms with Gasteiger partial charge in [-0.2, -0.15) is 0 Å². The molecule has 1 aliphatic rings.